The molecule has 0 radical (unpaired) electrons. The maximum absolute atomic E-state index is 12.8. The van der Waals surface area contributed by atoms with Crippen LogP contribution in [0.4, 0.5) is 25.1 Å². The Morgan fingerprint density at radius 3 is 2.28 bits per heavy atom. The number of hydrogen-bond donors (Lipinski definition) is 1. The smallest absolute Gasteiger partial charge is 0.310 e. The first-order valence-corrected chi connectivity index (χ1v) is 12.2. The molecule has 1 aliphatic rings. The lowest BCUT2D eigenvalue weighted by atomic mass is 9.75. The summed E-state index contributed by atoms with van der Waals surface area (Å²) in [6.45, 7) is 1.78. The van der Waals surface area contributed by atoms with Gasteiger partial charge in [-0.25, -0.2) is 9.50 Å². The summed E-state index contributed by atoms with van der Waals surface area (Å²) in [5.41, 5.74) is 1.92. The Kier molecular flexibility index (Phi) is 5.03. The number of carbonyl (C=O) groups is 1. The number of benzene rings is 1. The summed E-state index contributed by atoms with van der Waals surface area (Å²) in [6.07, 6.45) is 6.84. The molecule has 0 unspecified atom stereocenters. The van der Waals surface area contributed by atoms with Crippen LogP contribution in [0.2, 0.25) is 0 Å². The average Bonchev–Trinajstić information content (AvgIpc) is 3.21. The van der Waals surface area contributed by atoms with Gasteiger partial charge in [-0.1, -0.05) is 26.4 Å². The number of rotatable bonds is 5. The van der Waals surface area contributed by atoms with Crippen LogP contribution in [0.15, 0.2) is 53.7 Å². The summed E-state index contributed by atoms with van der Waals surface area (Å²) in [4.78, 5) is 14.9. The second kappa shape index (κ2) is 7.16. The number of amides is 1. The highest BCUT2D eigenvalue weighted by molar-refractivity contribution is 8.45. The van der Waals surface area contributed by atoms with Gasteiger partial charge in [-0.15, -0.1) is 0 Å². The van der Waals surface area contributed by atoms with E-state index in [9.17, 15) is 24.2 Å². The normalized spacial score (nSPS) is 22.7. The van der Waals surface area contributed by atoms with Crippen molar-refractivity contribution in [2.75, 3.05) is 5.32 Å². The predicted octanol–water partition coefficient (Wildman–Crippen LogP) is 6.94. The number of halogens is 5. The standard InChI is InChI=1S/C21H23F5N4OS/c1-14(21(31)29-17-6-8-18(9-7-17)32(22,23,24,25)26)15-2-4-16(5-3-15)19-10-12-27-20-11-13-28-30(19)20/h6-16H,2-5H2,1H3,(H,29,31)/t14-,15?,16?/m1/s1. The molecule has 1 aromatic carbocycles. The van der Waals surface area contributed by atoms with Gasteiger partial charge in [0.25, 0.3) is 0 Å². The van der Waals surface area contributed by atoms with Crippen LogP contribution in [0.25, 0.3) is 5.65 Å². The van der Waals surface area contributed by atoms with Crippen molar-refractivity contribution >= 4 is 27.5 Å². The van der Waals surface area contributed by atoms with Crippen LogP contribution in [-0.4, -0.2) is 20.5 Å². The molecule has 0 saturated heterocycles. The van der Waals surface area contributed by atoms with E-state index in [4.69, 9.17) is 0 Å². The summed E-state index contributed by atoms with van der Waals surface area (Å²) in [7, 11) is -9.72. The predicted molar refractivity (Wildman–Crippen MR) is 113 cm³/mol. The van der Waals surface area contributed by atoms with E-state index in [1.807, 2.05) is 16.6 Å². The van der Waals surface area contributed by atoms with Crippen LogP contribution >= 0.6 is 10.2 Å². The lowest BCUT2D eigenvalue weighted by Crippen LogP contribution is -2.30. The monoisotopic (exact) mass is 474 g/mol. The average molecular weight is 474 g/mol. The number of hydrogen-bond acceptors (Lipinski definition) is 3. The molecule has 1 N–H and O–H groups in total. The van der Waals surface area contributed by atoms with Gasteiger partial charge in [-0.2, -0.15) is 5.10 Å². The van der Waals surface area contributed by atoms with E-state index in [1.165, 1.54) is 0 Å². The third-order valence-electron chi connectivity index (χ3n) is 6.20. The Morgan fingerprint density at radius 1 is 1.00 bits per heavy atom. The van der Waals surface area contributed by atoms with Gasteiger partial charge in [0.2, 0.25) is 5.91 Å². The molecular formula is C21H23F5N4OS. The van der Waals surface area contributed by atoms with Gasteiger partial charge in [-0.05, 0) is 61.9 Å². The van der Waals surface area contributed by atoms with Gasteiger partial charge in [0.15, 0.2) is 5.65 Å². The molecular weight excluding hydrogens is 451 g/mol. The Labute approximate surface area is 181 Å². The maximum Gasteiger partial charge on any atom is 0.310 e. The van der Waals surface area contributed by atoms with Crippen molar-refractivity contribution in [3.8, 4) is 0 Å². The molecule has 0 bridgehead atoms. The first-order valence-electron chi connectivity index (χ1n) is 10.3. The Balaban J connectivity index is 1.37. The van der Waals surface area contributed by atoms with E-state index < -0.39 is 15.1 Å². The van der Waals surface area contributed by atoms with E-state index in [-0.39, 0.29) is 23.4 Å². The van der Waals surface area contributed by atoms with Gasteiger partial charge in [-0.3, -0.25) is 4.79 Å². The Hall–Kier alpha value is -2.69. The minimum atomic E-state index is -9.72. The summed E-state index contributed by atoms with van der Waals surface area (Å²) in [5.74, 6) is -0.295. The zero-order chi connectivity index (χ0) is 23.2. The first-order chi connectivity index (χ1) is 14.8. The fourth-order valence-electron chi connectivity index (χ4n) is 4.34. The second-order valence-corrected chi connectivity index (χ2v) is 10.8. The molecule has 3 aromatic rings. The van der Waals surface area contributed by atoms with Gasteiger partial charge >= 0.3 is 10.2 Å². The van der Waals surface area contributed by atoms with Crippen LogP contribution in [0.3, 0.4) is 0 Å². The molecule has 1 atom stereocenters. The minimum absolute atomic E-state index is 0.0546. The van der Waals surface area contributed by atoms with Crippen molar-refractivity contribution < 1.29 is 24.2 Å². The Morgan fingerprint density at radius 2 is 1.66 bits per heavy atom. The van der Waals surface area contributed by atoms with Gasteiger partial charge in [0, 0.05) is 35.5 Å². The molecule has 11 heteroatoms. The van der Waals surface area contributed by atoms with E-state index in [2.05, 4.69) is 15.4 Å². The molecule has 1 aliphatic carbocycles. The second-order valence-electron chi connectivity index (χ2n) is 8.35. The number of nitrogens with zero attached hydrogens (tertiary/aromatic N) is 3. The van der Waals surface area contributed by atoms with Crippen LogP contribution in [-0.2, 0) is 4.79 Å². The van der Waals surface area contributed by atoms with Crippen LogP contribution in [0, 0.1) is 11.8 Å². The Bertz CT molecular complexity index is 1140. The summed E-state index contributed by atoms with van der Waals surface area (Å²) < 4.78 is 66.0. The van der Waals surface area contributed by atoms with Crippen molar-refractivity contribution in [3.63, 3.8) is 0 Å². The first kappa shape index (κ1) is 22.5. The molecule has 0 spiro atoms. The van der Waals surface area contributed by atoms with E-state index >= 15 is 0 Å². The maximum atomic E-state index is 12.8. The van der Waals surface area contributed by atoms with E-state index in [1.54, 1.807) is 19.3 Å². The van der Waals surface area contributed by atoms with Crippen LogP contribution < -0.4 is 5.32 Å². The summed E-state index contributed by atoms with van der Waals surface area (Å²) >= 11 is 0. The molecule has 1 amide bonds. The third-order valence-corrected chi connectivity index (χ3v) is 7.36. The third kappa shape index (κ3) is 4.72. The van der Waals surface area contributed by atoms with Gasteiger partial charge in [0.05, 0.1) is 6.20 Å². The molecule has 2 aromatic heterocycles. The minimum Gasteiger partial charge on any atom is -0.326 e. The summed E-state index contributed by atoms with van der Waals surface area (Å²) in [5, 5.41) is 6.87. The van der Waals surface area contributed by atoms with Crippen LogP contribution in [0.1, 0.15) is 44.2 Å². The zero-order valence-corrected chi connectivity index (χ0v) is 18.0. The highest BCUT2D eigenvalue weighted by atomic mass is 32.5. The molecule has 174 valence electrons. The summed E-state index contributed by atoms with van der Waals surface area (Å²) in [6, 6.07) is 6.11. The molecule has 5 nitrogen and oxygen atoms in total. The molecule has 0 aliphatic heterocycles. The van der Waals surface area contributed by atoms with Crippen molar-refractivity contribution in [1.29, 1.82) is 0 Å². The zero-order valence-electron chi connectivity index (χ0n) is 17.2. The fourth-order valence-corrected chi connectivity index (χ4v) is 4.99. The fraction of sp³-hybridized carbons (Fsp3) is 0.381. The molecule has 2 heterocycles. The van der Waals surface area contributed by atoms with Crippen molar-refractivity contribution in [3.05, 3.63) is 54.5 Å². The SMILES string of the molecule is C[C@@H](C(=O)Nc1ccc(S(F)(F)(F)(F)F)cc1)C1CCC(c2ccnc3ccnn23)CC1. The van der Waals surface area contributed by atoms with Crippen molar-refractivity contribution in [2.45, 2.75) is 43.4 Å². The number of aromatic nitrogens is 3. The molecule has 1 saturated carbocycles. The number of nitrogens with one attached hydrogen (secondary N) is 1. The lowest BCUT2D eigenvalue weighted by Gasteiger charge is -2.40. The van der Waals surface area contributed by atoms with Crippen molar-refractivity contribution in [1.82, 2.24) is 14.6 Å². The molecule has 4 rings (SSSR count). The topological polar surface area (TPSA) is 59.3 Å². The van der Waals surface area contributed by atoms with Gasteiger partial charge in [0.1, 0.15) is 4.90 Å². The largest absolute Gasteiger partial charge is 0.326 e. The molecule has 1 fully saturated rings. The number of anilines is 1. The lowest BCUT2D eigenvalue weighted by molar-refractivity contribution is -0.121. The van der Waals surface area contributed by atoms with E-state index in [0.717, 1.165) is 49.2 Å². The van der Waals surface area contributed by atoms with Crippen LogP contribution in [0.5, 0.6) is 0 Å². The quantitative estimate of drug-likeness (QED) is 0.408. The van der Waals surface area contributed by atoms with Crippen molar-refractivity contribution in [2.24, 2.45) is 11.8 Å². The molecule has 32 heavy (non-hydrogen) atoms. The number of carbonyl (C=O) groups excluding carboxylic acids is 1. The highest BCUT2D eigenvalue weighted by Crippen LogP contribution is 3.02. The van der Waals surface area contributed by atoms with E-state index in [0.29, 0.717) is 18.1 Å². The number of fused-ring (bicyclic) bond motifs is 1. The highest BCUT2D eigenvalue weighted by Gasteiger charge is 2.65. The van der Waals surface area contributed by atoms with Gasteiger partial charge < -0.3 is 5.32 Å².